The first kappa shape index (κ1) is 27.4. The maximum atomic E-state index is 13.7. The van der Waals surface area contributed by atoms with Crippen LogP contribution in [0, 0.1) is 0 Å². The molecule has 11 nitrogen and oxygen atoms in total. The van der Waals surface area contributed by atoms with Crippen molar-refractivity contribution in [3.8, 4) is 5.88 Å². The number of hydrogen-bond acceptors (Lipinski definition) is 9. The molecule has 14 heteroatoms. The lowest BCUT2D eigenvalue weighted by Crippen LogP contribution is -2.48. The molecule has 0 unspecified atom stereocenters. The second kappa shape index (κ2) is 11.4. The number of amides is 2. The molecule has 0 saturated carbocycles. The molecule has 0 bridgehead atoms. The Hall–Kier alpha value is -4.62. The van der Waals surface area contributed by atoms with Crippen LogP contribution >= 0.6 is 0 Å². The lowest BCUT2D eigenvalue weighted by molar-refractivity contribution is -0.137. The Balaban J connectivity index is 1.57. The molecule has 1 saturated heterocycles. The number of halogens is 3. The highest BCUT2D eigenvalue weighted by Gasteiger charge is 2.35. The van der Waals surface area contributed by atoms with E-state index in [9.17, 15) is 22.8 Å². The molecule has 0 aliphatic carbocycles. The summed E-state index contributed by atoms with van der Waals surface area (Å²) in [5.41, 5.74) is -0.0259. The van der Waals surface area contributed by atoms with Crippen molar-refractivity contribution in [1.29, 1.82) is 0 Å². The Morgan fingerprint density at radius 1 is 0.974 bits per heavy atom. The molecule has 1 fully saturated rings. The van der Waals surface area contributed by atoms with Crippen molar-refractivity contribution in [3.05, 3.63) is 48.2 Å². The molecule has 4 rings (SSSR count). The topological polar surface area (TPSA) is 125 Å². The predicted octanol–water partition coefficient (Wildman–Crippen LogP) is 4.01. The highest BCUT2D eigenvalue weighted by molar-refractivity contribution is 5.89. The van der Waals surface area contributed by atoms with Gasteiger partial charge in [0.15, 0.2) is 0 Å². The van der Waals surface area contributed by atoms with Gasteiger partial charge in [-0.2, -0.15) is 23.1 Å². The molecule has 0 spiro atoms. The van der Waals surface area contributed by atoms with E-state index in [1.54, 1.807) is 35.2 Å². The van der Waals surface area contributed by atoms with Crippen LogP contribution in [0.2, 0.25) is 0 Å². The molecular formula is C25H27F3N8O3. The van der Waals surface area contributed by atoms with Crippen LogP contribution in [0.3, 0.4) is 0 Å². The number of pyridine rings is 1. The maximum Gasteiger partial charge on any atom is 0.421 e. The van der Waals surface area contributed by atoms with E-state index < -0.39 is 17.6 Å². The van der Waals surface area contributed by atoms with E-state index in [0.29, 0.717) is 49.6 Å². The lowest BCUT2D eigenvalue weighted by atomic mass is 10.2. The molecule has 2 aromatic heterocycles. The lowest BCUT2D eigenvalue weighted by Gasteiger charge is -2.35. The number of nitrogens with one attached hydrogen (secondary N) is 3. The van der Waals surface area contributed by atoms with Crippen LogP contribution < -0.4 is 25.6 Å². The van der Waals surface area contributed by atoms with E-state index in [2.05, 4.69) is 30.9 Å². The normalized spacial score (nSPS) is 13.6. The molecule has 39 heavy (non-hydrogen) atoms. The molecule has 2 amide bonds. The van der Waals surface area contributed by atoms with Gasteiger partial charge in [0.2, 0.25) is 23.6 Å². The van der Waals surface area contributed by atoms with Gasteiger partial charge in [-0.3, -0.25) is 9.59 Å². The largest absolute Gasteiger partial charge is 0.479 e. The predicted molar refractivity (Wildman–Crippen MR) is 140 cm³/mol. The van der Waals surface area contributed by atoms with Crippen molar-refractivity contribution in [2.75, 3.05) is 54.1 Å². The van der Waals surface area contributed by atoms with Crippen molar-refractivity contribution in [3.63, 3.8) is 0 Å². The Kier molecular flexibility index (Phi) is 8.02. The van der Waals surface area contributed by atoms with Crippen LogP contribution in [0.4, 0.5) is 47.8 Å². The third-order valence-electron chi connectivity index (χ3n) is 5.87. The summed E-state index contributed by atoms with van der Waals surface area (Å²) in [7, 11) is 1.42. The number of anilines is 6. The summed E-state index contributed by atoms with van der Waals surface area (Å²) in [6.07, 6.45) is -4.04. The van der Waals surface area contributed by atoms with Crippen molar-refractivity contribution in [1.82, 2.24) is 19.9 Å². The zero-order valence-corrected chi connectivity index (χ0v) is 21.5. The van der Waals surface area contributed by atoms with Crippen LogP contribution in [0.5, 0.6) is 5.88 Å². The number of rotatable bonds is 7. The number of carbonyl (C=O) groups is 2. The van der Waals surface area contributed by atoms with E-state index in [4.69, 9.17) is 4.74 Å². The molecule has 206 valence electrons. The second-order valence-corrected chi connectivity index (χ2v) is 8.69. The van der Waals surface area contributed by atoms with Crippen molar-refractivity contribution in [2.45, 2.75) is 20.0 Å². The van der Waals surface area contributed by atoms with Crippen LogP contribution in [0.25, 0.3) is 0 Å². The fourth-order valence-electron chi connectivity index (χ4n) is 3.99. The highest BCUT2D eigenvalue weighted by atomic mass is 19.4. The fourth-order valence-corrected chi connectivity index (χ4v) is 3.99. The van der Waals surface area contributed by atoms with Gasteiger partial charge >= 0.3 is 6.18 Å². The molecule has 1 aliphatic rings. The molecular weight excluding hydrogens is 517 g/mol. The fraction of sp³-hybridized carbons (Fsp3) is 0.320. The third kappa shape index (κ3) is 6.83. The van der Waals surface area contributed by atoms with E-state index >= 15 is 0 Å². The van der Waals surface area contributed by atoms with E-state index in [-0.39, 0.29) is 29.3 Å². The number of piperazine rings is 1. The minimum atomic E-state index is -4.72. The molecule has 0 atom stereocenters. The summed E-state index contributed by atoms with van der Waals surface area (Å²) in [5.74, 6) is -0.0646. The summed E-state index contributed by atoms with van der Waals surface area (Å²) in [6.45, 7) is 5.20. The van der Waals surface area contributed by atoms with Gasteiger partial charge in [0, 0.05) is 57.6 Å². The third-order valence-corrected chi connectivity index (χ3v) is 5.87. The number of carbonyl (C=O) groups excluding carboxylic acids is 2. The first-order valence-corrected chi connectivity index (χ1v) is 11.9. The summed E-state index contributed by atoms with van der Waals surface area (Å²) < 4.78 is 46.6. The zero-order valence-electron chi connectivity index (χ0n) is 21.5. The van der Waals surface area contributed by atoms with Crippen molar-refractivity contribution in [2.24, 2.45) is 0 Å². The summed E-state index contributed by atoms with van der Waals surface area (Å²) in [6, 6.07) is 9.63. The number of methoxy groups -OCH3 is 1. The van der Waals surface area contributed by atoms with Gasteiger partial charge in [-0.15, -0.1) is 0 Å². The summed E-state index contributed by atoms with van der Waals surface area (Å²) in [4.78, 5) is 39.1. The average molecular weight is 545 g/mol. The van der Waals surface area contributed by atoms with Gasteiger partial charge in [0.1, 0.15) is 22.9 Å². The minimum absolute atomic E-state index is 0.0190. The Morgan fingerprint density at radius 2 is 1.69 bits per heavy atom. The van der Waals surface area contributed by atoms with Crippen LogP contribution in [-0.2, 0) is 15.8 Å². The minimum Gasteiger partial charge on any atom is -0.479 e. The smallest absolute Gasteiger partial charge is 0.421 e. The van der Waals surface area contributed by atoms with Gasteiger partial charge in [-0.1, -0.05) is 6.07 Å². The number of benzene rings is 1. The van der Waals surface area contributed by atoms with Crippen LogP contribution in [-0.4, -0.2) is 65.0 Å². The molecule has 0 radical (unpaired) electrons. The van der Waals surface area contributed by atoms with Gasteiger partial charge in [-0.05, 0) is 30.3 Å². The van der Waals surface area contributed by atoms with Crippen molar-refractivity contribution >= 4 is 46.5 Å². The first-order chi connectivity index (χ1) is 18.5. The average Bonchev–Trinajstić information content (AvgIpc) is 2.88. The highest BCUT2D eigenvalue weighted by Crippen LogP contribution is 2.36. The van der Waals surface area contributed by atoms with Gasteiger partial charge in [0.25, 0.3) is 0 Å². The Morgan fingerprint density at radius 3 is 2.33 bits per heavy atom. The molecule has 3 aromatic rings. The number of nitrogens with zero attached hydrogens (tertiary/aromatic N) is 5. The van der Waals surface area contributed by atoms with Crippen LogP contribution in [0.15, 0.2) is 42.6 Å². The van der Waals surface area contributed by atoms with E-state index in [1.807, 2.05) is 4.90 Å². The van der Waals surface area contributed by atoms with E-state index in [1.165, 1.54) is 27.0 Å². The number of aromatic nitrogens is 3. The summed E-state index contributed by atoms with van der Waals surface area (Å²) in [5, 5.41) is 8.12. The quantitative estimate of drug-likeness (QED) is 0.405. The standard InChI is InChI=1S/C25H27F3N8O3/c1-15(37)30-17-5-4-6-18(13-17)31-22-19(25(26,27)28)14-29-24(34-22)32-20-7-8-21(33-23(20)39-3)36-11-9-35(10-12-36)16(2)38/h4-8,13-14H,9-12H2,1-3H3,(H,30,37)(H2,29,31,32,34). The van der Waals surface area contributed by atoms with Gasteiger partial charge in [0.05, 0.1) is 7.11 Å². The second-order valence-electron chi connectivity index (χ2n) is 8.69. The molecule has 1 aliphatic heterocycles. The molecule has 3 heterocycles. The number of ether oxygens (including phenoxy) is 1. The number of alkyl halides is 3. The van der Waals surface area contributed by atoms with Gasteiger partial charge in [-0.25, -0.2) is 4.98 Å². The van der Waals surface area contributed by atoms with E-state index in [0.717, 1.165) is 0 Å². The molecule has 3 N–H and O–H groups in total. The van der Waals surface area contributed by atoms with Crippen molar-refractivity contribution < 1.29 is 27.5 Å². The van der Waals surface area contributed by atoms with Gasteiger partial charge < -0.3 is 30.5 Å². The summed E-state index contributed by atoms with van der Waals surface area (Å²) >= 11 is 0. The number of hydrogen-bond donors (Lipinski definition) is 3. The maximum absolute atomic E-state index is 13.7. The SMILES string of the molecule is COc1nc(N2CCN(C(C)=O)CC2)ccc1Nc1ncc(C(F)(F)F)c(Nc2cccc(NC(C)=O)c2)n1. The zero-order chi connectivity index (χ0) is 28.2. The monoisotopic (exact) mass is 544 g/mol. The Bertz CT molecular complexity index is 1360. The first-order valence-electron chi connectivity index (χ1n) is 11.9. The molecule has 1 aromatic carbocycles. The Labute approximate surface area is 222 Å². The van der Waals surface area contributed by atoms with Crippen LogP contribution in [0.1, 0.15) is 19.4 Å².